The van der Waals surface area contributed by atoms with E-state index in [4.69, 9.17) is 9.72 Å². The maximum absolute atomic E-state index is 13.3. The van der Waals surface area contributed by atoms with Crippen LogP contribution < -0.4 is 15.0 Å². The fourth-order valence-corrected chi connectivity index (χ4v) is 4.29. The normalized spacial score (nSPS) is 10.8. The number of rotatable bonds is 11. The molecule has 7 heteroatoms. The lowest BCUT2D eigenvalue weighted by molar-refractivity contribution is -0.120. The molecule has 0 radical (unpaired) electrons. The zero-order valence-electron chi connectivity index (χ0n) is 20.8. The minimum atomic E-state index is -0.0229. The van der Waals surface area contributed by atoms with Crippen LogP contribution in [0.1, 0.15) is 24.7 Å². The third kappa shape index (κ3) is 6.10. The molecule has 3 aromatic carbocycles. The molecule has 1 N–H and O–H groups in total. The summed E-state index contributed by atoms with van der Waals surface area (Å²) in [6.07, 6.45) is 1.70. The molecule has 0 aliphatic heterocycles. The largest absolute Gasteiger partial charge is 0.497 e. The molecule has 0 saturated heterocycles. The Kier molecular flexibility index (Phi) is 8.34. The molecule has 1 aromatic heterocycles. The summed E-state index contributed by atoms with van der Waals surface area (Å²) in [6, 6.07) is 25.1. The number of aromatic nitrogens is 2. The number of hydrogen-bond acceptors (Lipinski definition) is 4. The molecule has 7 nitrogen and oxygen atoms in total. The highest BCUT2D eigenvalue weighted by Crippen LogP contribution is 2.19. The van der Waals surface area contributed by atoms with E-state index in [2.05, 4.69) is 5.32 Å². The van der Waals surface area contributed by atoms with E-state index in [1.54, 1.807) is 12.0 Å². The van der Waals surface area contributed by atoms with Gasteiger partial charge in [-0.05, 0) is 55.3 Å². The fraction of sp³-hybridized carbons (Fsp3) is 0.276. The van der Waals surface area contributed by atoms with Gasteiger partial charge in [-0.2, -0.15) is 0 Å². The van der Waals surface area contributed by atoms with Crippen LogP contribution in [0.15, 0.2) is 78.9 Å². The predicted molar refractivity (Wildman–Crippen MR) is 142 cm³/mol. The first-order valence-electron chi connectivity index (χ1n) is 12.3. The molecule has 36 heavy (non-hydrogen) atoms. The first-order valence-corrected chi connectivity index (χ1v) is 12.3. The molecule has 0 unspecified atom stereocenters. The lowest BCUT2D eigenvalue weighted by atomic mass is 10.1. The van der Waals surface area contributed by atoms with Gasteiger partial charge in [0.2, 0.25) is 11.8 Å². The minimum absolute atomic E-state index is 0.0147. The monoisotopic (exact) mass is 484 g/mol. The Bertz CT molecular complexity index is 1300. The zero-order valence-corrected chi connectivity index (χ0v) is 20.8. The SMILES string of the molecule is CCN(C(=O)Cn1c(CCCNC(=O)Cc2ccc(OC)cc2)nc2ccccc21)c1ccccc1. The number of amides is 2. The molecule has 4 aromatic rings. The quantitative estimate of drug-likeness (QED) is 0.321. The van der Waals surface area contributed by atoms with Crippen molar-refractivity contribution in [1.29, 1.82) is 0 Å². The van der Waals surface area contributed by atoms with Gasteiger partial charge in [0.05, 0.1) is 24.6 Å². The molecule has 1 heterocycles. The first kappa shape index (κ1) is 25.0. The van der Waals surface area contributed by atoms with Crippen LogP contribution in [0.4, 0.5) is 5.69 Å². The van der Waals surface area contributed by atoms with E-state index in [0.29, 0.717) is 25.9 Å². The Hall–Kier alpha value is -4.13. The van der Waals surface area contributed by atoms with E-state index >= 15 is 0 Å². The molecule has 0 atom stereocenters. The van der Waals surface area contributed by atoms with Crippen molar-refractivity contribution >= 4 is 28.5 Å². The summed E-state index contributed by atoms with van der Waals surface area (Å²) >= 11 is 0. The third-order valence-corrected chi connectivity index (χ3v) is 6.14. The number of likely N-dealkylation sites (N-methyl/N-ethyl adjacent to an activating group) is 1. The Morgan fingerprint density at radius 2 is 1.69 bits per heavy atom. The number of fused-ring (bicyclic) bond motifs is 1. The molecular weight excluding hydrogens is 452 g/mol. The number of aryl methyl sites for hydroxylation is 1. The molecule has 186 valence electrons. The van der Waals surface area contributed by atoms with Crippen molar-refractivity contribution in [3.05, 3.63) is 90.3 Å². The van der Waals surface area contributed by atoms with Crippen LogP contribution in [0.25, 0.3) is 11.0 Å². The Morgan fingerprint density at radius 3 is 2.42 bits per heavy atom. The average Bonchev–Trinajstić information content (AvgIpc) is 3.25. The average molecular weight is 485 g/mol. The van der Waals surface area contributed by atoms with Gasteiger partial charge in [0.1, 0.15) is 18.1 Å². The second kappa shape index (κ2) is 12.0. The number of benzene rings is 3. The smallest absolute Gasteiger partial charge is 0.246 e. The van der Waals surface area contributed by atoms with Crippen LogP contribution in [0.2, 0.25) is 0 Å². The maximum atomic E-state index is 13.3. The molecule has 4 rings (SSSR count). The van der Waals surface area contributed by atoms with Crippen molar-refractivity contribution < 1.29 is 14.3 Å². The van der Waals surface area contributed by atoms with E-state index in [0.717, 1.165) is 40.3 Å². The fourth-order valence-electron chi connectivity index (χ4n) is 4.29. The van der Waals surface area contributed by atoms with Gasteiger partial charge in [-0.3, -0.25) is 9.59 Å². The number of imidazole rings is 1. The summed E-state index contributed by atoms with van der Waals surface area (Å²) < 4.78 is 7.16. The van der Waals surface area contributed by atoms with E-state index in [1.165, 1.54) is 0 Å². The number of ether oxygens (including phenoxy) is 1. The zero-order chi connectivity index (χ0) is 25.3. The van der Waals surface area contributed by atoms with Gasteiger partial charge in [-0.1, -0.05) is 42.5 Å². The predicted octanol–water partition coefficient (Wildman–Crippen LogP) is 4.39. The standard InChI is InChI=1S/C29H32N4O3/c1-3-32(23-10-5-4-6-11-23)29(35)21-33-26-13-8-7-12-25(26)31-27(33)14-9-19-30-28(34)20-22-15-17-24(36-2)18-16-22/h4-8,10-13,15-18H,3,9,14,19-21H2,1-2H3,(H,30,34). The Morgan fingerprint density at radius 1 is 0.972 bits per heavy atom. The van der Waals surface area contributed by atoms with Gasteiger partial charge in [0.25, 0.3) is 0 Å². The number of hydrogen-bond donors (Lipinski definition) is 1. The molecule has 0 fully saturated rings. The maximum Gasteiger partial charge on any atom is 0.246 e. The first-order chi connectivity index (χ1) is 17.6. The van der Waals surface area contributed by atoms with Gasteiger partial charge in [-0.15, -0.1) is 0 Å². The molecule has 0 aliphatic carbocycles. The van der Waals surface area contributed by atoms with Gasteiger partial charge >= 0.3 is 0 Å². The van der Waals surface area contributed by atoms with E-state index < -0.39 is 0 Å². The number of carbonyl (C=O) groups is 2. The summed E-state index contributed by atoms with van der Waals surface area (Å²) in [5.74, 6) is 1.61. The van der Waals surface area contributed by atoms with Crippen LogP contribution in [-0.4, -0.2) is 41.6 Å². The molecule has 0 aliphatic rings. The van der Waals surface area contributed by atoms with E-state index in [1.807, 2.05) is 90.4 Å². The summed E-state index contributed by atoms with van der Waals surface area (Å²) in [7, 11) is 1.62. The van der Waals surface area contributed by atoms with Crippen molar-refractivity contribution in [2.75, 3.05) is 25.1 Å². The van der Waals surface area contributed by atoms with Crippen molar-refractivity contribution in [2.24, 2.45) is 0 Å². The summed E-state index contributed by atoms with van der Waals surface area (Å²) in [5.41, 5.74) is 3.63. The van der Waals surface area contributed by atoms with Gasteiger partial charge in [-0.25, -0.2) is 4.98 Å². The lowest BCUT2D eigenvalue weighted by Crippen LogP contribution is -2.34. The topological polar surface area (TPSA) is 76.5 Å². The molecule has 0 bridgehead atoms. The van der Waals surface area contributed by atoms with Gasteiger partial charge in [0, 0.05) is 25.2 Å². The second-order valence-electron chi connectivity index (χ2n) is 8.55. The van der Waals surface area contributed by atoms with Crippen molar-refractivity contribution in [1.82, 2.24) is 14.9 Å². The molecule has 0 spiro atoms. The van der Waals surface area contributed by atoms with E-state index in [9.17, 15) is 9.59 Å². The number of methoxy groups -OCH3 is 1. The Labute approximate surface area is 211 Å². The number of anilines is 1. The van der Waals surface area contributed by atoms with Crippen LogP contribution in [-0.2, 0) is 29.0 Å². The number of para-hydroxylation sites is 3. The highest BCUT2D eigenvalue weighted by Gasteiger charge is 2.18. The van der Waals surface area contributed by atoms with Crippen LogP contribution >= 0.6 is 0 Å². The summed E-state index contributed by atoms with van der Waals surface area (Å²) in [4.78, 5) is 32.2. The van der Waals surface area contributed by atoms with E-state index in [-0.39, 0.29) is 18.4 Å². The third-order valence-electron chi connectivity index (χ3n) is 6.14. The Balaban J connectivity index is 1.38. The number of carbonyl (C=O) groups excluding carboxylic acids is 2. The van der Waals surface area contributed by atoms with Crippen LogP contribution in [0.5, 0.6) is 5.75 Å². The number of nitrogens with zero attached hydrogens (tertiary/aromatic N) is 3. The highest BCUT2D eigenvalue weighted by molar-refractivity contribution is 5.94. The highest BCUT2D eigenvalue weighted by atomic mass is 16.5. The molecular formula is C29H32N4O3. The summed E-state index contributed by atoms with van der Waals surface area (Å²) in [5, 5.41) is 2.99. The van der Waals surface area contributed by atoms with Crippen molar-refractivity contribution in [3.63, 3.8) is 0 Å². The second-order valence-corrected chi connectivity index (χ2v) is 8.55. The van der Waals surface area contributed by atoms with Crippen LogP contribution in [0, 0.1) is 0 Å². The van der Waals surface area contributed by atoms with Crippen molar-refractivity contribution in [2.45, 2.75) is 32.7 Å². The summed E-state index contributed by atoms with van der Waals surface area (Å²) in [6.45, 7) is 3.32. The lowest BCUT2D eigenvalue weighted by Gasteiger charge is -2.22. The van der Waals surface area contributed by atoms with Gasteiger partial charge < -0.3 is 19.5 Å². The van der Waals surface area contributed by atoms with Crippen LogP contribution in [0.3, 0.4) is 0 Å². The minimum Gasteiger partial charge on any atom is -0.497 e. The number of nitrogens with one attached hydrogen (secondary N) is 1. The van der Waals surface area contributed by atoms with Crippen molar-refractivity contribution in [3.8, 4) is 5.75 Å². The molecule has 2 amide bonds. The van der Waals surface area contributed by atoms with Gasteiger partial charge in [0.15, 0.2) is 0 Å². The molecule has 0 saturated carbocycles.